The Bertz CT molecular complexity index is 1060. The summed E-state index contributed by atoms with van der Waals surface area (Å²) in [4.78, 5) is 17.8. The zero-order valence-corrected chi connectivity index (χ0v) is 18.2. The average molecular weight is 442 g/mol. The Morgan fingerprint density at radius 1 is 1.29 bits per heavy atom. The molecule has 0 saturated carbocycles. The molecule has 162 valence electrons. The predicted octanol–water partition coefficient (Wildman–Crippen LogP) is 4.75. The molecule has 0 amide bonds. The molecule has 3 aromatic rings. The van der Waals surface area contributed by atoms with Gasteiger partial charge in [0.05, 0.1) is 22.6 Å². The molecular weight excluding hydrogens is 418 g/mol. The average Bonchev–Trinajstić information content (AvgIpc) is 3.40. The first-order valence-corrected chi connectivity index (χ1v) is 10.6. The van der Waals surface area contributed by atoms with Crippen LogP contribution in [-0.2, 0) is 11.3 Å². The molecule has 8 heteroatoms. The zero-order valence-electron chi connectivity index (χ0n) is 17.4. The Morgan fingerprint density at radius 3 is 2.74 bits per heavy atom. The predicted molar refractivity (Wildman–Crippen MR) is 117 cm³/mol. The van der Waals surface area contributed by atoms with E-state index in [9.17, 15) is 4.79 Å². The lowest BCUT2D eigenvalue weighted by atomic mass is 10.1. The number of para-hydroxylation sites is 1. The van der Waals surface area contributed by atoms with Gasteiger partial charge in [0.2, 0.25) is 5.82 Å². The number of rotatable bonds is 7. The first-order valence-electron chi connectivity index (χ1n) is 10.2. The molecule has 0 spiro atoms. The van der Waals surface area contributed by atoms with Crippen LogP contribution >= 0.6 is 11.6 Å². The molecule has 1 atom stereocenters. The Morgan fingerprint density at radius 2 is 2.06 bits per heavy atom. The molecular formula is C23H24ClN3O4. The fourth-order valence-electron chi connectivity index (χ4n) is 3.68. The van der Waals surface area contributed by atoms with Crippen LogP contribution in [0.5, 0.6) is 5.75 Å². The van der Waals surface area contributed by atoms with Crippen molar-refractivity contribution in [3.63, 3.8) is 0 Å². The van der Waals surface area contributed by atoms with Crippen molar-refractivity contribution >= 4 is 17.6 Å². The van der Waals surface area contributed by atoms with Gasteiger partial charge in [0.15, 0.2) is 0 Å². The van der Waals surface area contributed by atoms with Gasteiger partial charge in [-0.3, -0.25) is 9.69 Å². The van der Waals surface area contributed by atoms with Crippen LogP contribution in [0.15, 0.2) is 47.0 Å². The summed E-state index contributed by atoms with van der Waals surface area (Å²) in [5.41, 5.74) is 2.59. The quantitative estimate of drug-likeness (QED) is 0.565. The summed E-state index contributed by atoms with van der Waals surface area (Å²) in [6.45, 7) is 5.97. The van der Waals surface area contributed by atoms with E-state index in [-0.39, 0.29) is 12.0 Å². The summed E-state index contributed by atoms with van der Waals surface area (Å²) in [7, 11) is 0. The van der Waals surface area contributed by atoms with Crippen LogP contribution in [0.4, 0.5) is 0 Å². The maximum atomic E-state index is 11.1. The van der Waals surface area contributed by atoms with Gasteiger partial charge in [-0.15, -0.1) is 0 Å². The van der Waals surface area contributed by atoms with Crippen molar-refractivity contribution in [3.8, 4) is 28.6 Å². The summed E-state index contributed by atoms with van der Waals surface area (Å²) < 4.78 is 11.3. The molecule has 7 nitrogen and oxygen atoms in total. The fourth-order valence-corrected chi connectivity index (χ4v) is 3.90. The van der Waals surface area contributed by atoms with E-state index in [0.29, 0.717) is 41.0 Å². The summed E-state index contributed by atoms with van der Waals surface area (Å²) in [6, 6.07) is 13.3. The van der Waals surface area contributed by atoms with Gasteiger partial charge >= 0.3 is 5.97 Å². The second-order valence-corrected chi connectivity index (χ2v) is 8.37. The number of carboxylic acid groups (broad SMARTS) is 1. The minimum atomic E-state index is -0.716. The summed E-state index contributed by atoms with van der Waals surface area (Å²) in [5, 5.41) is 13.8. The third kappa shape index (κ3) is 4.89. The number of nitrogens with zero attached hydrogens (tertiary/aromatic N) is 3. The van der Waals surface area contributed by atoms with Crippen molar-refractivity contribution in [1.29, 1.82) is 0 Å². The standard InChI is InChI=1S/C23H24ClN3O4/c1-14(2)30-20-18(4-3-5-19(20)24)21-25-22(31-26-21)16-8-6-15(7-9-16)12-27-11-10-17(13-27)23(28)29/h3-9,14,17H,10-13H2,1-2H3,(H,28,29). The SMILES string of the molecule is CC(C)Oc1c(Cl)cccc1-c1noc(-c2ccc(CN3CCC(C(=O)O)C3)cc2)n1. The van der Waals surface area contributed by atoms with Gasteiger partial charge in [-0.2, -0.15) is 4.98 Å². The molecule has 1 aromatic heterocycles. The summed E-state index contributed by atoms with van der Waals surface area (Å²) >= 11 is 6.31. The molecule has 31 heavy (non-hydrogen) atoms. The minimum absolute atomic E-state index is 0.0426. The van der Waals surface area contributed by atoms with Gasteiger partial charge in [-0.25, -0.2) is 0 Å². The Labute approximate surface area is 185 Å². The number of aliphatic carboxylic acids is 1. The van der Waals surface area contributed by atoms with Crippen LogP contribution < -0.4 is 4.74 Å². The topological polar surface area (TPSA) is 88.7 Å². The highest BCUT2D eigenvalue weighted by atomic mass is 35.5. The van der Waals surface area contributed by atoms with E-state index in [4.69, 9.17) is 26.0 Å². The molecule has 1 N–H and O–H groups in total. The maximum Gasteiger partial charge on any atom is 0.307 e. The second-order valence-electron chi connectivity index (χ2n) is 7.96. The van der Waals surface area contributed by atoms with Crippen molar-refractivity contribution in [3.05, 3.63) is 53.1 Å². The van der Waals surface area contributed by atoms with Crippen molar-refractivity contribution in [2.75, 3.05) is 13.1 Å². The Kier molecular flexibility index (Phi) is 6.25. The normalized spacial score (nSPS) is 16.7. The van der Waals surface area contributed by atoms with Gasteiger partial charge < -0.3 is 14.4 Å². The number of likely N-dealkylation sites (tertiary alicyclic amines) is 1. The van der Waals surface area contributed by atoms with Crippen molar-refractivity contribution < 1.29 is 19.2 Å². The molecule has 4 rings (SSSR count). The maximum absolute atomic E-state index is 11.1. The monoisotopic (exact) mass is 441 g/mol. The van der Waals surface area contributed by atoms with Crippen LogP contribution in [0.1, 0.15) is 25.8 Å². The summed E-state index contributed by atoms with van der Waals surface area (Å²) in [5.74, 6) is 0.365. The second kappa shape index (κ2) is 9.08. The van der Waals surface area contributed by atoms with Crippen molar-refractivity contribution in [2.24, 2.45) is 5.92 Å². The number of carbonyl (C=O) groups is 1. The minimum Gasteiger partial charge on any atom is -0.489 e. The van der Waals surface area contributed by atoms with E-state index >= 15 is 0 Å². The third-order valence-electron chi connectivity index (χ3n) is 5.22. The van der Waals surface area contributed by atoms with E-state index < -0.39 is 5.97 Å². The van der Waals surface area contributed by atoms with Gasteiger partial charge in [-0.05, 0) is 56.6 Å². The molecule has 2 heterocycles. The largest absolute Gasteiger partial charge is 0.489 e. The zero-order chi connectivity index (χ0) is 22.0. The molecule has 1 aliphatic rings. The first kappa shape index (κ1) is 21.3. The van der Waals surface area contributed by atoms with E-state index in [2.05, 4.69) is 15.0 Å². The van der Waals surface area contributed by atoms with E-state index in [1.54, 1.807) is 6.07 Å². The number of hydrogen-bond acceptors (Lipinski definition) is 6. The van der Waals surface area contributed by atoms with Gasteiger partial charge in [-0.1, -0.05) is 35.0 Å². The molecule has 0 radical (unpaired) electrons. The van der Waals surface area contributed by atoms with Gasteiger partial charge in [0.1, 0.15) is 5.75 Å². The van der Waals surface area contributed by atoms with Crippen molar-refractivity contribution in [2.45, 2.75) is 32.9 Å². The number of halogens is 1. The van der Waals surface area contributed by atoms with Crippen LogP contribution in [0.2, 0.25) is 5.02 Å². The van der Waals surface area contributed by atoms with Gasteiger partial charge in [0.25, 0.3) is 5.89 Å². The third-order valence-corrected chi connectivity index (χ3v) is 5.51. The van der Waals surface area contributed by atoms with Crippen LogP contribution in [0.25, 0.3) is 22.8 Å². The smallest absolute Gasteiger partial charge is 0.307 e. The van der Waals surface area contributed by atoms with Crippen LogP contribution in [0.3, 0.4) is 0 Å². The van der Waals surface area contributed by atoms with Crippen LogP contribution in [-0.4, -0.2) is 45.3 Å². The lowest BCUT2D eigenvalue weighted by molar-refractivity contribution is -0.141. The first-order chi connectivity index (χ1) is 14.9. The number of carboxylic acids is 1. The fraction of sp³-hybridized carbons (Fsp3) is 0.348. The molecule has 1 aliphatic heterocycles. The summed E-state index contributed by atoms with van der Waals surface area (Å²) in [6.07, 6.45) is 0.656. The highest BCUT2D eigenvalue weighted by Gasteiger charge is 2.27. The molecule has 0 aliphatic carbocycles. The molecule has 1 unspecified atom stereocenters. The van der Waals surface area contributed by atoms with E-state index in [1.165, 1.54) is 0 Å². The molecule has 1 saturated heterocycles. The number of ether oxygens (including phenoxy) is 1. The Hall–Kier alpha value is -2.90. The molecule has 1 fully saturated rings. The lowest BCUT2D eigenvalue weighted by Gasteiger charge is -2.15. The highest BCUT2D eigenvalue weighted by molar-refractivity contribution is 6.32. The van der Waals surface area contributed by atoms with Crippen molar-refractivity contribution in [1.82, 2.24) is 15.0 Å². The number of hydrogen-bond donors (Lipinski definition) is 1. The van der Waals surface area contributed by atoms with Crippen LogP contribution in [0, 0.1) is 5.92 Å². The molecule has 0 bridgehead atoms. The number of benzene rings is 2. The highest BCUT2D eigenvalue weighted by Crippen LogP contribution is 2.36. The number of aromatic nitrogens is 2. The van der Waals surface area contributed by atoms with E-state index in [0.717, 1.165) is 24.2 Å². The lowest BCUT2D eigenvalue weighted by Crippen LogP contribution is -2.22. The van der Waals surface area contributed by atoms with Gasteiger partial charge in [0, 0.05) is 18.7 Å². The van der Waals surface area contributed by atoms with E-state index in [1.807, 2.05) is 50.2 Å². The Balaban J connectivity index is 1.49. The molecule has 2 aromatic carbocycles.